The van der Waals surface area contributed by atoms with Crippen LogP contribution < -0.4 is 10.1 Å². The molecule has 1 aromatic rings. The molecular formula is C8H7NO2. The van der Waals surface area contributed by atoms with Crippen LogP contribution in [0.5, 0.6) is 5.75 Å². The molecule has 11 heavy (non-hydrogen) atoms. The summed E-state index contributed by atoms with van der Waals surface area (Å²) >= 11 is 0. The van der Waals surface area contributed by atoms with E-state index in [9.17, 15) is 4.79 Å². The maximum Gasteiger partial charge on any atom is 0.159 e. The van der Waals surface area contributed by atoms with Crippen molar-refractivity contribution >= 4 is 12.0 Å². The molecule has 0 aliphatic carbocycles. The summed E-state index contributed by atoms with van der Waals surface area (Å²) in [5, 5.41) is 3.01. The van der Waals surface area contributed by atoms with Crippen molar-refractivity contribution in [1.82, 2.24) is 0 Å². The Kier molecular flexibility index (Phi) is 1.28. The number of fused-ring (bicyclic) bond motifs is 1. The molecule has 3 nitrogen and oxygen atoms in total. The van der Waals surface area contributed by atoms with Crippen molar-refractivity contribution in [1.29, 1.82) is 0 Å². The van der Waals surface area contributed by atoms with Crippen LogP contribution in [0.15, 0.2) is 18.2 Å². The summed E-state index contributed by atoms with van der Waals surface area (Å²) in [7, 11) is 0. The predicted molar refractivity (Wildman–Crippen MR) is 40.9 cm³/mol. The molecule has 56 valence electrons. The Morgan fingerprint density at radius 1 is 1.55 bits per heavy atom. The van der Waals surface area contributed by atoms with E-state index in [4.69, 9.17) is 4.74 Å². The van der Waals surface area contributed by atoms with Gasteiger partial charge in [-0.3, -0.25) is 4.79 Å². The highest BCUT2D eigenvalue weighted by atomic mass is 16.5. The normalized spacial score (nSPS) is 13.1. The number of rotatable bonds is 1. The number of hydrogen-bond acceptors (Lipinski definition) is 3. The summed E-state index contributed by atoms with van der Waals surface area (Å²) in [6, 6.07) is 5.32. The highest BCUT2D eigenvalue weighted by molar-refractivity contribution is 5.78. The van der Waals surface area contributed by atoms with Gasteiger partial charge in [0, 0.05) is 5.56 Å². The Hall–Kier alpha value is -1.51. The lowest BCUT2D eigenvalue weighted by molar-refractivity contribution is 0.112. The first kappa shape index (κ1) is 6.22. The molecule has 1 aromatic carbocycles. The topological polar surface area (TPSA) is 38.3 Å². The van der Waals surface area contributed by atoms with Crippen LogP contribution in [-0.4, -0.2) is 13.0 Å². The summed E-state index contributed by atoms with van der Waals surface area (Å²) in [4.78, 5) is 10.3. The van der Waals surface area contributed by atoms with Gasteiger partial charge in [-0.15, -0.1) is 0 Å². The lowest BCUT2D eigenvalue weighted by atomic mass is 10.2. The molecule has 0 saturated heterocycles. The first-order chi connectivity index (χ1) is 5.40. The summed E-state index contributed by atoms with van der Waals surface area (Å²) in [6.45, 7) is 0.498. The van der Waals surface area contributed by atoms with E-state index in [1.54, 1.807) is 12.1 Å². The number of anilines is 1. The maximum atomic E-state index is 10.3. The average Bonchev–Trinajstić information content (AvgIpc) is 2.50. The van der Waals surface area contributed by atoms with Crippen LogP contribution in [0.4, 0.5) is 5.69 Å². The predicted octanol–water partition coefficient (Wildman–Crippen LogP) is 1.26. The second-order valence-electron chi connectivity index (χ2n) is 2.34. The second kappa shape index (κ2) is 2.27. The van der Waals surface area contributed by atoms with Crippen molar-refractivity contribution < 1.29 is 9.53 Å². The smallest absolute Gasteiger partial charge is 0.159 e. The third kappa shape index (κ3) is 0.941. The van der Waals surface area contributed by atoms with E-state index in [-0.39, 0.29) is 0 Å². The fourth-order valence-electron chi connectivity index (χ4n) is 1.07. The Bertz CT molecular complexity index is 296. The highest BCUT2D eigenvalue weighted by Gasteiger charge is 2.09. The van der Waals surface area contributed by atoms with E-state index in [0.717, 1.165) is 17.7 Å². The Morgan fingerprint density at radius 2 is 2.45 bits per heavy atom. The van der Waals surface area contributed by atoms with E-state index in [1.807, 2.05) is 6.07 Å². The van der Waals surface area contributed by atoms with Gasteiger partial charge in [0.15, 0.2) is 6.73 Å². The van der Waals surface area contributed by atoms with E-state index >= 15 is 0 Å². The zero-order valence-electron chi connectivity index (χ0n) is 5.83. The molecule has 1 heterocycles. The van der Waals surface area contributed by atoms with Crippen LogP contribution in [0.3, 0.4) is 0 Å². The van der Waals surface area contributed by atoms with Crippen molar-refractivity contribution in [2.45, 2.75) is 0 Å². The van der Waals surface area contributed by atoms with Crippen molar-refractivity contribution in [2.24, 2.45) is 0 Å². The van der Waals surface area contributed by atoms with Gasteiger partial charge in [0.05, 0.1) is 5.69 Å². The quantitative estimate of drug-likeness (QED) is 0.611. The molecule has 0 fully saturated rings. The second-order valence-corrected chi connectivity index (χ2v) is 2.34. The van der Waals surface area contributed by atoms with Crippen LogP contribution in [0, 0.1) is 0 Å². The van der Waals surface area contributed by atoms with Crippen LogP contribution in [-0.2, 0) is 0 Å². The number of carbonyl (C=O) groups is 1. The van der Waals surface area contributed by atoms with Crippen LogP contribution in [0.1, 0.15) is 10.4 Å². The van der Waals surface area contributed by atoms with Gasteiger partial charge in [-0.25, -0.2) is 0 Å². The number of aldehydes is 1. The van der Waals surface area contributed by atoms with Gasteiger partial charge >= 0.3 is 0 Å². The molecule has 2 rings (SSSR count). The standard InChI is InChI=1S/C8H7NO2/c10-4-6-1-2-7-8(3-6)11-5-9-7/h1-4,9H,5H2. The number of nitrogens with one attached hydrogen (secondary N) is 1. The molecular weight excluding hydrogens is 142 g/mol. The monoisotopic (exact) mass is 149 g/mol. The van der Waals surface area contributed by atoms with Gasteiger partial charge in [0.1, 0.15) is 12.0 Å². The van der Waals surface area contributed by atoms with Gasteiger partial charge in [-0.05, 0) is 18.2 Å². The molecule has 1 aliphatic rings. The Labute approximate surface area is 64.0 Å². The number of carbonyl (C=O) groups excluding carboxylic acids is 1. The lowest BCUT2D eigenvalue weighted by Gasteiger charge is -1.95. The van der Waals surface area contributed by atoms with Gasteiger partial charge in [0.2, 0.25) is 0 Å². The van der Waals surface area contributed by atoms with Crippen LogP contribution >= 0.6 is 0 Å². The van der Waals surface area contributed by atoms with Crippen molar-refractivity contribution in [2.75, 3.05) is 12.0 Å². The first-order valence-corrected chi connectivity index (χ1v) is 3.36. The molecule has 0 amide bonds. The summed E-state index contributed by atoms with van der Waals surface area (Å²) in [6.07, 6.45) is 0.807. The third-order valence-electron chi connectivity index (χ3n) is 1.63. The zero-order valence-corrected chi connectivity index (χ0v) is 5.83. The fourth-order valence-corrected chi connectivity index (χ4v) is 1.07. The molecule has 1 N–H and O–H groups in total. The molecule has 0 spiro atoms. The largest absolute Gasteiger partial charge is 0.471 e. The van der Waals surface area contributed by atoms with Crippen LogP contribution in [0.25, 0.3) is 0 Å². The van der Waals surface area contributed by atoms with Crippen molar-refractivity contribution in [3.8, 4) is 5.75 Å². The molecule has 1 aliphatic heterocycles. The molecule has 0 atom stereocenters. The number of ether oxygens (including phenoxy) is 1. The van der Waals surface area contributed by atoms with E-state index in [2.05, 4.69) is 5.32 Å². The van der Waals surface area contributed by atoms with Gasteiger partial charge in [-0.1, -0.05) is 0 Å². The summed E-state index contributed by atoms with van der Waals surface area (Å²) < 4.78 is 5.17. The minimum atomic E-state index is 0.498. The lowest BCUT2D eigenvalue weighted by Crippen LogP contribution is -1.96. The SMILES string of the molecule is O=Cc1ccc2c(c1)OCN2. The molecule has 0 aromatic heterocycles. The molecule has 3 heteroatoms. The maximum absolute atomic E-state index is 10.3. The molecule has 0 unspecified atom stereocenters. The summed E-state index contributed by atoms with van der Waals surface area (Å²) in [5.41, 5.74) is 1.60. The fraction of sp³-hybridized carbons (Fsp3) is 0.125. The minimum Gasteiger partial charge on any atom is -0.471 e. The third-order valence-corrected chi connectivity index (χ3v) is 1.63. The van der Waals surface area contributed by atoms with Gasteiger partial charge < -0.3 is 10.1 Å². The van der Waals surface area contributed by atoms with E-state index < -0.39 is 0 Å². The van der Waals surface area contributed by atoms with E-state index in [0.29, 0.717) is 12.3 Å². The van der Waals surface area contributed by atoms with Crippen molar-refractivity contribution in [3.05, 3.63) is 23.8 Å². The van der Waals surface area contributed by atoms with Gasteiger partial charge in [0.25, 0.3) is 0 Å². The zero-order chi connectivity index (χ0) is 7.68. The number of benzene rings is 1. The van der Waals surface area contributed by atoms with Crippen LogP contribution in [0.2, 0.25) is 0 Å². The minimum absolute atomic E-state index is 0.498. The van der Waals surface area contributed by atoms with Crippen molar-refractivity contribution in [3.63, 3.8) is 0 Å². The highest BCUT2D eigenvalue weighted by Crippen LogP contribution is 2.28. The average molecular weight is 149 g/mol. The molecule has 0 saturated carbocycles. The Balaban J connectivity index is 2.48. The molecule has 0 radical (unpaired) electrons. The summed E-state index contributed by atoms with van der Waals surface area (Å²) in [5.74, 6) is 0.759. The number of hydrogen-bond donors (Lipinski definition) is 1. The first-order valence-electron chi connectivity index (χ1n) is 3.36. The van der Waals surface area contributed by atoms with Gasteiger partial charge in [-0.2, -0.15) is 0 Å². The van der Waals surface area contributed by atoms with E-state index in [1.165, 1.54) is 0 Å². The molecule has 0 bridgehead atoms. The Morgan fingerprint density at radius 3 is 3.27 bits per heavy atom.